The Bertz CT molecular complexity index is 177. The Balaban J connectivity index is 3.49. The van der Waals surface area contributed by atoms with E-state index in [1.807, 2.05) is 0 Å². The van der Waals surface area contributed by atoms with Gasteiger partial charge in [-0.2, -0.15) is 0 Å². The molecule has 4 nitrogen and oxygen atoms in total. The molecular formula is C11H22O4. The first-order chi connectivity index (χ1) is 7.02. The van der Waals surface area contributed by atoms with Gasteiger partial charge in [0, 0.05) is 21.0 Å². The van der Waals surface area contributed by atoms with E-state index in [4.69, 9.17) is 14.2 Å². The lowest BCUT2D eigenvalue weighted by Gasteiger charge is -2.22. The second-order valence-corrected chi connectivity index (χ2v) is 3.87. The van der Waals surface area contributed by atoms with Crippen LogP contribution in [0.3, 0.4) is 0 Å². The fraction of sp³-hybridized carbons (Fsp3) is 0.909. The molecule has 0 saturated carbocycles. The number of hydrogen-bond acceptors (Lipinski definition) is 4. The minimum Gasteiger partial charge on any atom is -0.434 e. The largest absolute Gasteiger partial charge is 0.510 e. The Labute approximate surface area is 91.9 Å². The van der Waals surface area contributed by atoms with Crippen LogP contribution in [0.2, 0.25) is 0 Å². The Kier molecular flexibility index (Phi) is 7.13. The van der Waals surface area contributed by atoms with E-state index in [9.17, 15) is 4.79 Å². The van der Waals surface area contributed by atoms with E-state index in [1.165, 1.54) is 20.0 Å². The first-order valence-electron chi connectivity index (χ1n) is 5.42. The van der Waals surface area contributed by atoms with Gasteiger partial charge in [-0.25, -0.2) is 4.79 Å². The van der Waals surface area contributed by atoms with Crippen molar-refractivity contribution in [3.63, 3.8) is 0 Å². The summed E-state index contributed by atoms with van der Waals surface area (Å²) in [7, 11) is 1.48. The number of ether oxygens (including phenoxy) is 3. The van der Waals surface area contributed by atoms with Crippen LogP contribution in [0, 0.1) is 0 Å². The molecule has 0 aromatic carbocycles. The number of unbranched alkanes of at least 4 members (excludes halogenated alkanes) is 3. The quantitative estimate of drug-likeness (QED) is 0.374. The molecule has 0 aromatic rings. The standard InChI is InChI=1S/C11H22O4/c1-5-6-7-8-9-14-10(12)15-11(2,3)13-4/h5-9H2,1-4H3. The average Bonchev–Trinajstić information content (AvgIpc) is 2.17. The Morgan fingerprint density at radius 3 is 2.40 bits per heavy atom. The predicted octanol–water partition coefficient (Wildman–Crippen LogP) is 3.10. The van der Waals surface area contributed by atoms with Gasteiger partial charge in [0.1, 0.15) is 0 Å². The van der Waals surface area contributed by atoms with E-state index in [1.54, 1.807) is 13.8 Å². The summed E-state index contributed by atoms with van der Waals surface area (Å²) >= 11 is 0. The van der Waals surface area contributed by atoms with Crippen LogP contribution in [0.1, 0.15) is 46.5 Å². The minimum atomic E-state index is -0.916. The molecule has 0 amide bonds. The van der Waals surface area contributed by atoms with Gasteiger partial charge in [0.05, 0.1) is 6.61 Å². The van der Waals surface area contributed by atoms with Crippen molar-refractivity contribution >= 4 is 6.16 Å². The van der Waals surface area contributed by atoms with E-state index in [2.05, 4.69) is 6.92 Å². The lowest BCUT2D eigenvalue weighted by Crippen LogP contribution is -2.30. The van der Waals surface area contributed by atoms with Crippen molar-refractivity contribution < 1.29 is 19.0 Å². The molecule has 0 N–H and O–H groups in total. The summed E-state index contributed by atoms with van der Waals surface area (Å²) in [6.07, 6.45) is 3.63. The molecule has 0 aromatic heterocycles. The van der Waals surface area contributed by atoms with Crippen molar-refractivity contribution in [1.82, 2.24) is 0 Å². The van der Waals surface area contributed by atoms with Crippen LogP contribution >= 0.6 is 0 Å². The van der Waals surface area contributed by atoms with Crippen molar-refractivity contribution in [2.24, 2.45) is 0 Å². The molecule has 0 saturated heterocycles. The summed E-state index contributed by atoms with van der Waals surface area (Å²) in [4.78, 5) is 11.1. The maximum atomic E-state index is 11.1. The van der Waals surface area contributed by atoms with Crippen molar-refractivity contribution in [2.45, 2.75) is 52.2 Å². The number of carbonyl (C=O) groups is 1. The molecule has 0 fully saturated rings. The van der Waals surface area contributed by atoms with E-state index in [0.717, 1.165) is 12.8 Å². The van der Waals surface area contributed by atoms with Crippen molar-refractivity contribution in [2.75, 3.05) is 13.7 Å². The van der Waals surface area contributed by atoms with Crippen LogP contribution in [0.4, 0.5) is 4.79 Å². The second kappa shape index (κ2) is 7.51. The zero-order valence-corrected chi connectivity index (χ0v) is 10.2. The van der Waals surface area contributed by atoms with E-state index >= 15 is 0 Å². The number of carbonyl (C=O) groups excluding carboxylic acids is 1. The van der Waals surface area contributed by atoms with E-state index < -0.39 is 11.9 Å². The summed E-state index contributed by atoms with van der Waals surface area (Å²) in [5.41, 5.74) is 0. The van der Waals surface area contributed by atoms with E-state index in [-0.39, 0.29) is 0 Å². The van der Waals surface area contributed by atoms with Gasteiger partial charge in [-0.3, -0.25) is 0 Å². The molecule has 0 aliphatic carbocycles. The van der Waals surface area contributed by atoms with Gasteiger partial charge in [-0.15, -0.1) is 0 Å². The molecule has 0 atom stereocenters. The van der Waals surface area contributed by atoms with Gasteiger partial charge < -0.3 is 14.2 Å². The van der Waals surface area contributed by atoms with Gasteiger partial charge in [0.15, 0.2) is 0 Å². The van der Waals surface area contributed by atoms with Crippen LogP contribution < -0.4 is 0 Å². The third-order valence-corrected chi connectivity index (χ3v) is 2.04. The first kappa shape index (κ1) is 14.2. The summed E-state index contributed by atoms with van der Waals surface area (Å²) < 4.78 is 14.7. The monoisotopic (exact) mass is 218 g/mol. The molecule has 4 heteroatoms. The van der Waals surface area contributed by atoms with Crippen LogP contribution in [-0.2, 0) is 14.2 Å². The molecule has 0 aliphatic rings. The van der Waals surface area contributed by atoms with Crippen LogP contribution in [0.15, 0.2) is 0 Å². The highest BCUT2D eigenvalue weighted by atomic mass is 16.8. The maximum Gasteiger partial charge on any atom is 0.510 e. The van der Waals surface area contributed by atoms with E-state index in [0.29, 0.717) is 6.61 Å². The van der Waals surface area contributed by atoms with Crippen molar-refractivity contribution in [3.05, 3.63) is 0 Å². The third kappa shape index (κ3) is 8.24. The van der Waals surface area contributed by atoms with Gasteiger partial charge >= 0.3 is 6.16 Å². The number of rotatable bonds is 7. The van der Waals surface area contributed by atoms with Gasteiger partial charge in [0.2, 0.25) is 5.79 Å². The zero-order chi connectivity index (χ0) is 11.7. The summed E-state index contributed by atoms with van der Waals surface area (Å²) in [5.74, 6) is -0.916. The highest BCUT2D eigenvalue weighted by molar-refractivity contribution is 5.60. The third-order valence-electron chi connectivity index (χ3n) is 2.04. The van der Waals surface area contributed by atoms with Crippen LogP contribution in [-0.4, -0.2) is 25.7 Å². The minimum absolute atomic E-state index is 0.415. The molecule has 0 bridgehead atoms. The lowest BCUT2D eigenvalue weighted by molar-refractivity contribution is -0.172. The highest BCUT2D eigenvalue weighted by Gasteiger charge is 2.22. The first-order valence-corrected chi connectivity index (χ1v) is 5.42. The average molecular weight is 218 g/mol. The molecule has 0 rings (SSSR count). The SMILES string of the molecule is CCCCCCOC(=O)OC(C)(C)OC. The lowest BCUT2D eigenvalue weighted by atomic mass is 10.2. The Morgan fingerprint density at radius 2 is 1.87 bits per heavy atom. The molecule has 0 heterocycles. The van der Waals surface area contributed by atoms with Gasteiger partial charge in [-0.1, -0.05) is 26.2 Å². The van der Waals surface area contributed by atoms with Crippen molar-refractivity contribution in [1.29, 1.82) is 0 Å². The zero-order valence-electron chi connectivity index (χ0n) is 10.2. The molecule has 90 valence electrons. The topological polar surface area (TPSA) is 44.8 Å². The normalized spacial score (nSPS) is 11.2. The van der Waals surface area contributed by atoms with Crippen LogP contribution in [0.25, 0.3) is 0 Å². The molecule has 0 aliphatic heterocycles. The Morgan fingerprint density at radius 1 is 1.20 bits per heavy atom. The summed E-state index contributed by atoms with van der Waals surface area (Å²) in [6.45, 7) is 5.87. The summed E-state index contributed by atoms with van der Waals surface area (Å²) in [5, 5.41) is 0. The van der Waals surface area contributed by atoms with Gasteiger partial charge in [0.25, 0.3) is 0 Å². The molecule has 15 heavy (non-hydrogen) atoms. The Hall–Kier alpha value is -0.770. The molecule has 0 unspecified atom stereocenters. The highest BCUT2D eigenvalue weighted by Crippen LogP contribution is 2.10. The second-order valence-electron chi connectivity index (χ2n) is 3.87. The smallest absolute Gasteiger partial charge is 0.434 e. The molecule has 0 spiro atoms. The number of methoxy groups -OCH3 is 1. The fourth-order valence-electron chi connectivity index (χ4n) is 0.956. The van der Waals surface area contributed by atoms with Crippen LogP contribution in [0.5, 0.6) is 0 Å². The number of hydrogen-bond donors (Lipinski definition) is 0. The molecular weight excluding hydrogens is 196 g/mol. The fourth-order valence-corrected chi connectivity index (χ4v) is 0.956. The maximum absolute atomic E-state index is 11.1. The predicted molar refractivity (Wildman–Crippen MR) is 57.7 cm³/mol. The van der Waals surface area contributed by atoms with Crippen molar-refractivity contribution in [3.8, 4) is 0 Å². The molecule has 0 radical (unpaired) electrons. The summed E-state index contributed by atoms with van der Waals surface area (Å²) in [6, 6.07) is 0. The van der Waals surface area contributed by atoms with Gasteiger partial charge in [-0.05, 0) is 6.42 Å².